The van der Waals surface area contributed by atoms with Crippen molar-refractivity contribution in [2.24, 2.45) is 0 Å². The molecule has 3 aromatic rings. The summed E-state index contributed by atoms with van der Waals surface area (Å²) < 4.78 is 0. The summed E-state index contributed by atoms with van der Waals surface area (Å²) in [5, 5.41) is 3.61. The van der Waals surface area contributed by atoms with E-state index >= 15 is 0 Å². The van der Waals surface area contributed by atoms with Crippen LogP contribution in [-0.4, -0.2) is 20.9 Å². The summed E-state index contributed by atoms with van der Waals surface area (Å²) in [5.41, 5.74) is 1.95. The number of rotatable bonds is 5. The molecule has 0 spiro atoms. The van der Waals surface area contributed by atoms with Gasteiger partial charge in [-0.05, 0) is 43.4 Å². The van der Waals surface area contributed by atoms with Crippen molar-refractivity contribution in [3.8, 4) is 0 Å². The third kappa shape index (κ3) is 4.08. The number of carbonyl (C=O) groups is 1. The van der Waals surface area contributed by atoms with Crippen molar-refractivity contribution in [3.63, 3.8) is 0 Å². The molecule has 6 nitrogen and oxygen atoms in total. The maximum Gasteiger partial charge on any atom is 0.259 e. The van der Waals surface area contributed by atoms with Gasteiger partial charge in [-0.25, -0.2) is 4.98 Å². The highest BCUT2D eigenvalue weighted by Crippen LogP contribution is 2.32. The van der Waals surface area contributed by atoms with Crippen LogP contribution in [0.2, 0.25) is 0 Å². The normalized spacial score (nSPS) is 13.9. The van der Waals surface area contributed by atoms with Gasteiger partial charge in [0.2, 0.25) is 5.91 Å². The first kappa shape index (κ1) is 17.9. The van der Waals surface area contributed by atoms with Crippen LogP contribution >= 0.6 is 11.3 Å². The van der Waals surface area contributed by atoms with E-state index in [4.69, 9.17) is 0 Å². The summed E-state index contributed by atoms with van der Waals surface area (Å²) in [6, 6.07) is 5.60. The molecule has 0 atom stereocenters. The van der Waals surface area contributed by atoms with Crippen molar-refractivity contribution in [3.05, 3.63) is 56.7 Å². The van der Waals surface area contributed by atoms with E-state index in [2.05, 4.69) is 20.3 Å². The van der Waals surface area contributed by atoms with Gasteiger partial charge in [-0.1, -0.05) is 12.5 Å². The SMILES string of the molecule is O=C(CCc1nc2sc3c(c2c(=O)[nH]1)CCCCC3)NCc1ccccn1. The average Bonchev–Trinajstić information content (AvgIpc) is 2.87. The molecule has 0 unspecified atom stereocenters. The Bertz CT molecular complexity index is 1010. The summed E-state index contributed by atoms with van der Waals surface area (Å²) in [5.74, 6) is 0.502. The summed E-state index contributed by atoms with van der Waals surface area (Å²) in [7, 11) is 0. The molecule has 1 amide bonds. The molecule has 0 saturated heterocycles. The molecule has 0 radical (unpaired) electrons. The lowest BCUT2D eigenvalue weighted by atomic mass is 10.1. The van der Waals surface area contributed by atoms with Crippen LogP contribution in [0.15, 0.2) is 29.2 Å². The summed E-state index contributed by atoms with van der Waals surface area (Å²) in [4.78, 5) is 38.5. The molecular weight excluding hydrogens is 360 g/mol. The molecule has 140 valence electrons. The maximum absolute atomic E-state index is 12.6. The Kier molecular flexibility index (Phi) is 5.29. The van der Waals surface area contributed by atoms with Gasteiger partial charge in [0.25, 0.3) is 5.56 Å². The molecule has 7 heteroatoms. The Morgan fingerprint density at radius 2 is 2.11 bits per heavy atom. The number of thiophene rings is 1. The number of hydrogen-bond donors (Lipinski definition) is 2. The minimum atomic E-state index is -0.0784. The van der Waals surface area contributed by atoms with Crippen LogP contribution in [0.5, 0.6) is 0 Å². The zero-order valence-corrected chi connectivity index (χ0v) is 15.9. The minimum absolute atomic E-state index is 0.0664. The van der Waals surface area contributed by atoms with Gasteiger partial charge in [-0.3, -0.25) is 14.6 Å². The van der Waals surface area contributed by atoms with E-state index in [-0.39, 0.29) is 17.9 Å². The topological polar surface area (TPSA) is 87.7 Å². The van der Waals surface area contributed by atoms with Crippen LogP contribution in [0.3, 0.4) is 0 Å². The first-order valence-electron chi connectivity index (χ1n) is 9.41. The van der Waals surface area contributed by atoms with Crippen LogP contribution in [0.1, 0.15) is 47.6 Å². The maximum atomic E-state index is 12.6. The van der Waals surface area contributed by atoms with Crippen LogP contribution < -0.4 is 10.9 Å². The molecule has 3 heterocycles. The molecule has 0 saturated carbocycles. The van der Waals surface area contributed by atoms with Crippen LogP contribution in [-0.2, 0) is 30.6 Å². The quantitative estimate of drug-likeness (QED) is 0.664. The van der Waals surface area contributed by atoms with E-state index in [1.165, 1.54) is 23.3 Å². The third-order valence-electron chi connectivity index (χ3n) is 4.91. The Balaban J connectivity index is 1.43. The highest BCUT2D eigenvalue weighted by atomic mass is 32.1. The van der Waals surface area contributed by atoms with Crippen molar-refractivity contribution in [1.29, 1.82) is 0 Å². The van der Waals surface area contributed by atoms with Crippen molar-refractivity contribution in [2.75, 3.05) is 0 Å². The number of amides is 1. The molecule has 0 aliphatic heterocycles. The molecule has 0 bridgehead atoms. The van der Waals surface area contributed by atoms with Gasteiger partial charge in [-0.2, -0.15) is 0 Å². The lowest BCUT2D eigenvalue weighted by Gasteiger charge is -2.05. The molecule has 27 heavy (non-hydrogen) atoms. The number of aryl methyl sites for hydroxylation is 3. The molecular formula is C20H22N4O2S. The van der Waals surface area contributed by atoms with E-state index in [9.17, 15) is 9.59 Å². The number of nitrogens with one attached hydrogen (secondary N) is 2. The summed E-state index contributed by atoms with van der Waals surface area (Å²) in [6.07, 6.45) is 7.95. The Morgan fingerprint density at radius 3 is 2.96 bits per heavy atom. The van der Waals surface area contributed by atoms with Crippen molar-refractivity contribution < 1.29 is 4.79 Å². The second-order valence-electron chi connectivity index (χ2n) is 6.86. The van der Waals surface area contributed by atoms with Crippen molar-refractivity contribution in [2.45, 2.75) is 51.5 Å². The third-order valence-corrected chi connectivity index (χ3v) is 6.09. The number of nitrogens with zero attached hydrogens (tertiary/aromatic N) is 2. The van der Waals surface area contributed by atoms with Gasteiger partial charge in [0.05, 0.1) is 17.6 Å². The number of carbonyl (C=O) groups excluding carboxylic acids is 1. The average molecular weight is 382 g/mol. The first-order chi connectivity index (χ1) is 13.2. The second-order valence-corrected chi connectivity index (χ2v) is 7.94. The smallest absolute Gasteiger partial charge is 0.259 e. The molecule has 1 aliphatic rings. The van der Waals surface area contributed by atoms with Crippen LogP contribution in [0.4, 0.5) is 0 Å². The summed E-state index contributed by atoms with van der Waals surface area (Å²) in [6.45, 7) is 0.403. The fourth-order valence-electron chi connectivity index (χ4n) is 3.52. The number of pyridine rings is 1. The van der Waals surface area contributed by atoms with E-state index < -0.39 is 0 Å². The fourth-order valence-corrected chi connectivity index (χ4v) is 4.80. The van der Waals surface area contributed by atoms with E-state index in [1.807, 2.05) is 18.2 Å². The second kappa shape index (κ2) is 8.00. The first-order valence-corrected chi connectivity index (χ1v) is 10.2. The number of fused-ring (bicyclic) bond motifs is 3. The standard InChI is InChI=1S/C20H22N4O2S/c25-17(22-12-13-6-4-5-11-21-13)10-9-16-23-19(26)18-14-7-2-1-3-8-15(14)27-20(18)24-16/h4-6,11H,1-3,7-10,12H2,(H,22,25)(H,23,24,26). The van der Waals surface area contributed by atoms with E-state index in [0.29, 0.717) is 18.8 Å². The van der Waals surface area contributed by atoms with Gasteiger partial charge < -0.3 is 10.3 Å². The number of hydrogen-bond acceptors (Lipinski definition) is 5. The van der Waals surface area contributed by atoms with Gasteiger partial charge in [0, 0.05) is 23.9 Å². The number of aromatic nitrogens is 3. The van der Waals surface area contributed by atoms with Gasteiger partial charge in [-0.15, -0.1) is 11.3 Å². The molecule has 0 aromatic carbocycles. The highest BCUT2D eigenvalue weighted by Gasteiger charge is 2.19. The predicted octanol–water partition coefficient (Wildman–Crippen LogP) is 2.90. The monoisotopic (exact) mass is 382 g/mol. The molecule has 3 aromatic heterocycles. The largest absolute Gasteiger partial charge is 0.350 e. The zero-order chi connectivity index (χ0) is 18.6. The Labute approximate surface area is 161 Å². The number of H-pyrrole nitrogens is 1. The Hall–Kier alpha value is -2.54. The lowest BCUT2D eigenvalue weighted by molar-refractivity contribution is -0.121. The molecule has 2 N–H and O–H groups in total. The van der Waals surface area contributed by atoms with Gasteiger partial charge >= 0.3 is 0 Å². The number of aromatic amines is 1. The molecule has 1 aliphatic carbocycles. The fraction of sp³-hybridized carbons (Fsp3) is 0.400. The molecule has 4 rings (SSSR count). The predicted molar refractivity (Wildman–Crippen MR) is 106 cm³/mol. The van der Waals surface area contributed by atoms with Crippen LogP contribution in [0.25, 0.3) is 10.2 Å². The Morgan fingerprint density at radius 1 is 1.22 bits per heavy atom. The summed E-state index contributed by atoms with van der Waals surface area (Å²) >= 11 is 1.64. The van der Waals surface area contributed by atoms with Crippen molar-refractivity contribution >= 4 is 27.5 Å². The van der Waals surface area contributed by atoms with Crippen molar-refractivity contribution in [1.82, 2.24) is 20.3 Å². The molecule has 0 fully saturated rings. The zero-order valence-electron chi connectivity index (χ0n) is 15.1. The van der Waals surface area contributed by atoms with Gasteiger partial charge in [0.1, 0.15) is 10.7 Å². The lowest BCUT2D eigenvalue weighted by Crippen LogP contribution is -2.24. The van der Waals surface area contributed by atoms with Gasteiger partial charge in [0.15, 0.2) is 0 Å². The highest BCUT2D eigenvalue weighted by molar-refractivity contribution is 7.18. The minimum Gasteiger partial charge on any atom is -0.350 e. The van der Waals surface area contributed by atoms with E-state index in [1.54, 1.807) is 17.5 Å². The van der Waals surface area contributed by atoms with Crippen LogP contribution in [0, 0.1) is 0 Å². The van der Waals surface area contributed by atoms with E-state index in [0.717, 1.165) is 35.2 Å².